The molecule has 0 spiro atoms. The van der Waals surface area contributed by atoms with Crippen molar-refractivity contribution >= 4 is 10.9 Å². The number of nitrogens with zero attached hydrogens (tertiary/aromatic N) is 1. The van der Waals surface area contributed by atoms with Gasteiger partial charge < -0.3 is 28.3 Å². The number of ether oxygens (including phenoxy) is 5. The Kier molecular flexibility index (Phi) is 9.59. The van der Waals surface area contributed by atoms with Gasteiger partial charge in [0.2, 0.25) is 0 Å². The van der Waals surface area contributed by atoms with Gasteiger partial charge in [0.15, 0.2) is 11.5 Å². The third kappa shape index (κ3) is 7.59. The minimum Gasteiger partial charge on any atom is -0.485 e. The summed E-state index contributed by atoms with van der Waals surface area (Å²) >= 11 is 0. The molecule has 0 N–H and O–H groups in total. The number of methoxy groups -OCH3 is 1. The van der Waals surface area contributed by atoms with Crippen LogP contribution in [0.1, 0.15) is 11.1 Å². The summed E-state index contributed by atoms with van der Waals surface area (Å²) in [6, 6.07) is 26.5. The quantitative estimate of drug-likeness (QED) is 0.213. The molecule has 0 fully saturated rings. The van der Waals surface area contributed by atoms with Crippen LogP contribution in [-0.2, 0) is 34.0 Å². The predicted octanol–water partition coefficient (Wildman–Crippen LogP) is 5.48. The molecule has 0 radical (unpaired) electrons. The Morgan fingerprint density at radius 1 is 0.629 bits per heavy atom. The molecule has 6 heteroatoms. The molecule has 0 aliphatic rings. The lowest BCUT2D eigenvalue weighted by molar-refractivity contribution is 0.0232. The predicted molar refractivity (Wildman–Crippen MR) is 137 cm³/mol. The fourth-order valence-corrected chi connectivity index (χ4v) is 3.72. The first-order valence-electron chi connectivity index (χ1n) is 11.9. The number of hydrogen-bond acceptors (Lipinski definition) is 5. The second-order valence-corrected chi connectivity index (χ2v) is 8.13. The van der Waals surface area contributed by atoms with Crippen molar-refractivity contribution in [3.63, 3.8) is 0 Å². The highest BCUT2D eigenvalue weighted by Crippen LogP contribution is 2.34. The first-order valence-corrected chi connectivity index (χ1v) is 11.9. The van der Waals surface area contributed by atoms with E-state index in [0.717, 1.165) is 40.1 Å². The Bertz CT molecular complexity index is 1140. The van der Waals surface area contributed by atoms with E-state index in [4.69, 9.17) is 23.7 Å². The highest BCUT2D eigenvalue weighted by molar-refractivity contribution is 5.84. The fraction of sp³-hybridized carbons (Fsp3) is 0.310. The number of rotatable bonds is 15. The van der Waals surface area contributed by atoms with Crippen LogP contribution in [0.5, 0.6) is 11.5 Å². The third-order valence-electron chi connectivity index (χ3n) is 5.59. The van der Waals surface area contributed by atoms with Gasteiger partial charge in [-0.05, 0) is 23.3 Å². The number of fused-ring (bicyclic) bond motifs is 1. The highest BCUT2D eigenvalue weighted by atomic mass is 16.5. The summed E-state index contributed by atoms with van der Waals surface area (Å²) in [4.78, 5) is 0. The van der Waals surface area contributed by atoms with Gasteiger partial charge in [-0.2, -0.15) is 0 Å². The van der Waals surface area contributed by atoms with Crippen LogP contribution >= 0.6 is 0 Å². The topological polar surface area (TPSA) is 51.1 Å². The summed E-state index contributed by atoms with van der Waals surface area (Å²) in [6.07, 6.45) is 2.07. The minimum atomic E-state index is 0.473. The van der Waals surface area contributed by atoms with Crippen LogP contribution < -0.4 is 9.47 Å². The summed E-state index contributed by atoms with van der Waals surface area (Å²) < 4.78 is 30.8. The SMILES string of the molecule is COCCOCCOCCn1ccc2cc(OCc3ccccc3)c(OCc3ccccc3)cc21. The van der Waals surface area contributed by atoms with Gasteiger partial charge >= 0.3 is 0 Å². The molecule has 6 nitrogen and oxygen atoms in total. The van der Waals surface area contributed by atoms with Crippen LogP contribution in [0.4, 0.5) is 0 Å². The Morgan fingerprint density at radius 2 is 1.20 bits per heavy atom. The maximum Gasteiger partial charge on any atom is 0.163 e. The molecule has 0 atom stereocenters. The van der Waals surface area contributed by atoms with Gasteiger partial charge in [0.1, 0.15) is 13.2 Å². The maximum atomic E-state index is 6.24. The zero-order valence-electron chi connectivity index (χ0n) is 20.2. The lowest BCUT2D eigenvalue weighted by Gasteiger charge is -2.15. The average Bonchev–Trinajstić information content (AvgIpc) is 3.30. The highest BCUT2D eigenvalue weighted by Gasteiger charge is 2.12. The van der Waals surface area contributed by atoms with E-state index in [-0.39, 0.29) is 0 Å². The van der Waals surface area contributed by atoms with E-state index in [9.17, 15) is 0 Å². The lowest BCUT2D eigenvalue weighted by atomic mass is 10.2. The Balaban J connectivity index is 1.43. The van der Waals surface area contributed by atoms with Gasteiger partial charge in [-0.1, -0.05) is 60.7 Å². The molecule has 4 rings (SSSR count). The molecule has 0 saturated heterocycles. The molecule has 0 aliphatic carbocycles. The van der Waals surface area contributed by atoms with Crippen molar-refractivity contribution in [1.29, 1.82) is 0 Å². The van der Waals surface area contributed by atoms with Crippen LogP contribution in [0.15, 0.2) is 85.1 Å². The largest absolute Gasteiger partial charge is 0.485 e. The summed E-state index contributed by atoms with van der Waals surface area (Å²) in [5.41, 5.74) is 3.31. The molecule has 4 aromatic rings. The van der Waals surface area contributed by atoms with Crippen LogP contribution in [0.3, 0.4) is 0 Å². The molecule has 1 heterocycles. The van der Waals surface area contributed by atoms with E-state index < -0.39 is 0 Å². The van der Waals surface area contributed by atoms with E-state index in [2.05, 4.69) is 53.2 Å². The number of hydrogen-bond donors (Lipinski definition) is 0. The van der Waals surface area contributed by atoms with Crippen molar-refractivity contribution in [2.75, 3.05) is 40.1 Å². The zero-order valence-corrected chi connectivity index (χ0v) is 20.2. The van der Waals surface area contributed by atoms with Crippen molar-refractivity contribution in [2.24, 2.45) is 0 Å². The van der Waals surface area contributed by atoms with E-state index >= 15 is 0 Å². The maximum absolute atomic E-state index is 6.24. The van der Waals surface area contributed by atoms with Crippen molar-refractivity contribution in [3.8, 4) is 11.5 Å². The Labute approximate surface area is 206 Å². The van der Waals surface area contributed by atoms with Gasteiger partial charge in [0, 0.05) is 31.3 Å². The zero-order chi connectivity index (χ0) is 24.1. The smallest absolute Gasteiger partial charge is 0.163 e. The standard InChI is InChI=1S/C29H33NO5/c1-31-16-17-33-19-18-32-15-14-30-13-12-26-20-28(34-22-24-8-4-2-5-9-24)29(21-27(26)30)35-23-25-10-6-3-7-11-25/h2-13,20-21H,14-19,22-23H2,1H3. The molecule has 35 heavy (non-hydrogen) atoms. The van der Waals surface area contributed by atoms with E-state index in [1.54, 1.807) is 7.11 Å². The number of benzene rings is 3. The number of aromatic nitrogens is 1. The van der Waals surface area contributed by atoms with Gasteiger partial charge in [-0.3, -0.25) is 0 Å². The van der Waals surface area contributed by atoms with Crippen LogP contribution in [0, 0.1) is 0 Å². The molecule has 0 saturated carbocycles. The van der Waals surface area contributed by atoms with Crippen LogP contribution in [0.25, 0.3) is 10.9 Å². The second kappa shape index (κ2) is 13.5. The van der Waals surface area contributed by atoms with Gasteiger partial charge in [-0.25, -0.2) is 0 Å². The summed E-state index contributed by atoms with van der Waals surface area (Å²) in [7, 11) is 1.66. The van der Waals surface area contributed by atoms with Crippen LogP contribution in [0.2, 0.25) is 0 Å². The lowest BCUT2D eigenvalue weighted by Crippen LogP contribution is -2.11. The van der Waals surface area contributed by atoms with Crippen LogP contribution in [-0.4, -0.2) is 44.7 Å². The van der Waals surface area contributed by atoms with Crippen molar-refractivity contribution in [2.45, 2.75) is 19.8 Å². The molecule has 0 amide bonds. The van der Waals surface area contributed by atoms with Crippen molar-refractivity contribution < 1.29 is 23.7 Å². The van der Waals surface area contributed by atoms with Crippen molar-refractivity contribution in [1.82, 2.24) is 4.57 Å². The van der Waals surface area contributed by atoms with Gasteiger partial charge in [-0.15, -0.1) is 0 Å². The van der Waals surface area contributed by atoms with E-state index in [0.29, 0.717) is 46.2 Å². The van der Waals surface area contributed by atoms with Crippen molar-refractivity contribution in [3.05, 3.63) is 96.2 Å². The average molecular weight is 476 g/mol. The molecule has 3 aromatic carbocycles. The fourth-order valence-electron chi connectivity index (χ4n) is 3.72. The molecule has 1 aromatic heterocycles. The second-order valence-electron chi connectivity index (χ2n) is 8.13. The van der Waals surface area contributed by atoms with E-state index in [1.807, 2.05) is 36.4 Å². The summed E-state index contributed by atoms with van der Waals surface area (Å²) in [5.74, 6) is 1.46. The minimum absolute atomic E-state index is 0.473. The molecule has 0 unspecified atom stereocenters. The molecular formula is C29H33NO5. The van der Waals surface area contributed by atoms with Gasteiger partial charge in [0.05, 0.1) is 38.6 Å². The molecule has 184 valence electrons. The monoisotopic (exact) mass is 475 g/mol. The summed E-state index contributed by atoms with van der Waals surface area (Å²) in [6.45, 7) is 4.61. The third-order valence-corrected chi connectivity index (χ3v) is 5.59. The first kappa shape index (κ1) is 24.8. The first-order chi connectivity index (χ1) is 17.3. The van der Waals surface area contributed by atoms with E-state index in [1.165, 1.54) is 0 Å². The summed E-state index contributed by atoms with van der Waals surface area (Å²) in [5, 5.41) is 1.10. The Morgan fingerprint density at radius 3 is 1.83 bits per heavy atom. The molecule has 0 aliphatic heterocycles. The Hall–Kier alpha value is -3.32. The molecule has 0 bridgehead atoms. The normalized spacial score (nSPS) is 11.1. The van der Waals surface area contributed by atoms with Gasteiger partial charge in [0.25, 0.3) is 0 Å². The molecular weight excluding hydrogens is 442 g/mol.